The van der Waals surface area contributed by atoms with Crippen molar-refractivity contribution in [1.29, 1.82) is 0 Å². The van der Waals surface area contributed by atoms with Crippen LogP contribution in [0.15, 0.2) is 59.1 Å². The highest BCUT2D eigenvalue weighted by Crippen LogP contribution is 2.40. The SMILES string of the molecule is O=C(c1ccc(Br)cc1)[C@@H]1O[C@@H]1c1ccccc1. The van der Waals surface area contributed by atoms with Crippen LogP contribution in [0.5, 0.6) is 0 Å². The molecule has 1 aliphatic heterocycles. The summed E-state index contributed by atoms with van der Waals surface area (Å²) in [5, 5.41) is 0. The standard InChI is InChI=1S/C15H11BrO2/c16-12-8-6-10(7-9-12)13(17)15-14(18-15)11-4-2-1-3-5-11/h1-9,14-15H/t14-,15+/m1/s1. The Bertz CT molecular complexity index is 563. The maximum absolute atomic E-state index is 12.2. The van der Waals surface area contributed by atoms with Crippen molar-refractivity contribution in [2.75, 3.05) is 0 Å². The summed E-state index contributed by atoms with van der Waals surface area (Å²) in [6, 6.07) is 17.2. The molecule has 0 spiro atoms. The molecule has 3 heteroatoms. The number of benzene rings is 2. The Morgan fingerprint density at radius 3 is 2.33 bits per heavy atom. The van der Waals surface area contributed by atoms with Gasteiger partial charge in [0.1, 0.15) is 6.10 Å². The summed E-state index contributed by atoms with van der Waals surface area (Å²) >= 11 is 3.35. The van der Waals surface area contributed by atoms with Gasteiger partial charge < -0.3 is 4.74 Å². The van der Waals surface area contributed by atoms with Crippen molar-refractivity contribution in [3.8, 4) is 0 Å². The Hall–Kier alpha value is -1.45. The highest BCUT2D eigenvalue weighted by Gasteiger charge is 2.45. The van der Waals surface area contributed by atoms with Crippen LogP contribution in [-0.2, 0) is 4.74 Å². The Balaban J connectivity index is 1.75. The highest BCUT2D eigenvalue weighted by atomic mass is 79.9. The van der Waals surface area contributed by atoms with E-state index in [4.69, 9.17) is 4.74 Å². The zero-order valence-electron chi connectivity index (χ0n) is 9.55. The molecule has 1 aliphatic rings. The largest absolute Gasteiger partial charge is 0.356 e. The van der Waals surface area contributed by atoms with Crippen LogP contribution in [0.2, 0.25) is 0 Å². The molecule has 2 atom stereocenters. The van der Waals surface area contributed by atoms with Gasteiger partial charge in [-0.05, 0) is 17.7 Å². The van der Waals surface area contributed by atoms with Gasteiger partial charge >= 0.3 is 0 Å². The molecule has 0 bridgehead atoms. The molecule has 2 aromatic carbocycles. The predicted octanol–water partition coefficient (Wildman–Crippen LogP) is 3.77. The lowest BCUT2D eigenvalue weighted by molar-refractivity contribution is 0.0953. The molecule has 0 radical (unpaired) electrons. The first kappa shape index (κ1) is 11.6. The van der Waals surface area contributed by atoms with Crippen molar-refractivity contribution in [1.82, 2.24) is 0 Å². The molecule has 0 aromatic heterocycles. The van der Waals surface area contributed by atoms with Gasteiger partial charge in [-0.25, -0.2) is 0 Å². The van der Waals surface area contributed by atoms with Crippen LogP contribution >= 0.6 is 15.9 Å². The van der Waals surface area contributed by atoms with Crippen molar-refractivity contribution in [2.24, 2.45) is 0 Å². The Kier molecular flexibility index (Phi) is 3.02. The van der Waals surface area contributed by atoms with Gasteiger partial charge in [-0.3, -0.25) is 4.79 Å². The third-order valence-corrected chi connectivity index (χ3v) is 3.54. The maximum Gasteiger partial charge on any atom is 0.194 e. The Labute approximate surface area is 114 Å². The molecule has 90 valence electrons. The first-order chi connectivity index (χ1) is 8.75. The first-order valence-electron chi connectivity index (χ1n) is 5.76. The molecule has 3 rings (SSSR count). The second kappa shape index (κ2) is 4.67. The number of hydrogen-bond donors (Lipinski definition) is 0. The zero-order chi connectivity index (χ0) is 12.5. The van der Waals surface area contributed by atoms with Crippen LogP contribution in [0.4, 0.5) is 0 Å². The number of ether oxygens (including phenoxy) is 1. The molecule has 2 aromatic rings. The van der Waals surface area contributed by atoms with Gasteiger partial charge in [-0.1, -0.05) is 58.4 Å². The van der Waals surface area contributed by atoms with Gasteiger partial charge in [-0.15, -0.1) is 0 Å². The number of carbonyl (C=O) groups is 1. The maximum atomic E-state index is 12.2. The topological polar surface area (TPSA) is 29.6 Å². The average molecular weight is 303 g/mol. The normalized spacial score (nSPS) is 21.6. The van der Waals surface area contributed by atoms with Crippen LogP contribution < -0.4 is 0 Å². The fourth-order valence-corrected chi connectivity index (χ4v) is 2.25. The minimum absolute atomic E-state index is 0.0522. The summed E-state index contributed by atoms with van der Waals surface area (Å²) in [5.74, 6) is 0.0522. The summed E-state index contributed by atoms with van der Waals surface area (Å²) in [5.41, 5.74) is 1.76. The number of ketones is 1. The van der Waals surface area contributed by atoms with E-state index in [0.717, 1.165) is 10.0 Å². The van der Waals surface area contributed by atoms with E-state index in [-0.39, 0.29) is 18.0 Å². The van der Waals surface area contributed by atoms with Crippen LogP contribution in [0, 0.1) is 0 Å². The lowest BCUT2D eigenvalue weighted by Crippen LogP contribution is -2.07. The quantitative estimate of drug-likeness (QED) is 0.638. The van der Waals surface area contributed by atoms with Crippen molar-refractivity contribution < 1.29 is 9.53 Å². The van der Waals surface area contributed by atoms with Crippen LogP contribution in [0.1, 0.15) is 22.0 Å². The average Bonchev–Trinajstić information content (AvgIpc) is 3.20. The van der Waals surface area contributed by atoms with Gasteiger partial charge in [0, 0.05) is 10.0 Å². The van der Waals surface area contributed by atoms with Crippen LogP contribution in [0.3, 0.4) is 0 Å². The lowest BCUT2D eigenvalue weighted by atomic mass is 10.0. The molecule has 1 heterocycles. The van der Waals surface area contributed by atoms with E-state index in [1.807, 2.05) is 54.6 Å². The monoisotopic (exact) mass is 302 g/mol. The number of carbonyl (C=O) groups excluding carboxylic acids is 1. The number of hydrogen-bond acceptors (Lipinski definition) is 2. The van der Waals surface area contributed by atoms with E-state index in [0.29, 0.717) is 5.56 Å². The van der Waals surface area contributed by atoms with E-state index in [1.165, 1.54) is 0 Å². The van der Waals surface area contributed by atoms with E-state index in [2.05, 4.69) is 15.9 Å². The molecule has 0 unspecified atom stereocenters. The third kappa shape index (κ3) is 2.24. The molecule has 2 nitrogen and oxygen atoms in total. The van der Waals surface area contributed by atoms with Crippen molar-refractivity contribution in [2.45, 2.75) is 12.2 Å². The first-order valence-corrected chi connectivity index (χ1v) is 6.55. The molecule has 1 fully saturated rings. The number of Topliss-reactive ketones (excluding diaryl/α,β-unsaturated/α-hetero) is 1. The predicted molar refractivity (Wildman–Crippen MR) is 72.5 cm³/mol. The van der Waals surface area contributed by atoms with E-state index in [1.54, 1.807) is 0 Å². The molecular weight excluding hydrogens is 292 g/mol. The summed E-state index contributed by atoms with van der Waals surface area (Å²) < 4.78 is 6.46. The zero-order valence-corrected chi connectivity index (χ0v) is 11.1. The van der Waals surface area contributed by atoms with Gasteiger partial charge in [0.05, 0.1) is 0 Å². The second-order valence-electron chi connectivity index (χ2n) is 4.26. The number of epoxide rings is 1. The van der Waals surface area contributed by atoms with Gasteiger partial charge in [0.25, 0.3) is 0 Å². The summed E-state index contributed by atoms with van der Waals surface area (Å²) in [4.78, 5) is 12.2. The highest BCUT2D eigenvalue weighted by molar-refractivity contribution is 9.10. The van der Waals surface area contributed by atoms with Gasteiger partial charge in [0.15, 0.2) is 11.9 Å². The fraction of sp³-hybridized carbons (Fsp3) is 0.133. The molecule has 0 N–H and O–H groups in total. The van der Waals surface area contributed by atoms with Crippen LogP contribution in [0.25, 0.3) is 0 Å². The second-order valence-corrected chi connectivity index (χ2v) is 5.17. The van der Waals surface area contributed by atoms with E-state index in [9.17, 15) is 4.79 Å². The van der Waals surface area contributed by atoms with Gasteiger partial charge in [0.2, 0.25) is 0 Å². The molecule has 0 aliphatic carbocycles. The smallest absolute Gasteiger partial charge is 0.194 e. The molecular formula is C15H11BrO2. The molecule has 0 amide bonds. The van der Waals surface area contributed by atoms with Crippen molar-refractivity contribution in [3.63, 3.8) is 0 Å². The summed E-state index contributed by atoms with van der Waals surface area (Å²) in [7, 11) is 0. The van der Waals surface area contributed by atoms with Crippen LogP contribution in [-0.4, -0.2) is 11.9 Å². The summed E-state index contributed by atoms with van der Waals surface area (Å²) in [6.07, 6.45) is -0.407. The molecule has 1 saturated heterocycles. The minimum Gasteiger partial charge on any atom is -0.356 e. The molecule has 18 heavy (non-hydrogen) atoms. The number of rotatable bonds is 3. The molecule has 0 saturated carbocycles. The lowest BCUT2D eigenvalue weighted by Gasteiger charge is -1.98. The van der Waals surface area contributed by atoms with E-state index < -0.39 is 0 Å². The fourth-order valence-electron chi connectivity index (χ4n) is 1.99. The Morgan fingerprint density at radius 1 is 1.00 bits per heavy atom. The minimum atomic E-state index is -0.325. The van der Waals surface area contributed by atoms with Gasteiger partial charge in [-0.2, -0.15) is 0 Å². The Morgan fingerprint density at radius 2 is 1.67 bits per heavy atom. The number of halogens is 1. The van der Waals surface area contributed by atoms with Crippen molar-refractivity contribution >= 4 is 21.7 Å². The van der Waals surface area contributed by atoms with Crippen molar-refractivity contribution in [3.05, 3.63) is 70.2 Å². The third-order valence-electron chi connectivity index (χ3n) is 3.01. The van der Waals surface area contributed by atoms with E-state index >= 15 is 0 Å². The summed E-state index contributed by atoms with van der Waals surface area (Å²) in [6.45, 7) is 0.